The van der Waals surface area contributed by atoms with Gasteiger partial charge in [0.05, 0.1) is 12.0 Å². The third-order valence-electron chi connectivity index (χ3n) is 6.26. The number of hydrogen-bond acceptors (Lipinski definition) is 5. The standard InChI is InChI=1S/C24H30N4O3S/c1-18(29)26-12-14-28(15-13-26)24(31)21-6-2-3-7-22(21)27-10-8-19(9-11-27)25-23(30)17-20-5-4-16-32-20/h2-7,16,19H,8-15,17H2,1H3,(H,25,30). The van der Waals surface area contributed by atoms with Crippen molar-refractivity contribution in [1.82, 2.24) is 15.1 Å². The molecule has 0 unspecified atom stereocenters. The third kappa shape index (κ3) is 5.30. The SMILES string of the molecule is CC(=O)N1CCN(C(=O)c2ccccc2N2CCC(NC(=O)Cc3cccs3)CC2)CC1. The van der Waals surface area contributed by atoms with Gasteiger partial charge in [0.15, 0.2) is 0 Å². The Balaban J connectivity index is 1.34. The van der Waals surface area contributed by atoms with Crippen molar-refractivity contribution in [2.45, 2.75) is 32.2 Å². The van der Waals surface area contributed by atoms with Gasteiger partial charge in [0, 0.05) is 62.8 Å². The van der Waals surface area contributed by atoms with Gasteiger partial charge in [0.2, 0.25) is 11.8 Å². The number of rotatable bonds is 5. The first-order valence-corrected chi connectivity index (χ1v) is 12.1. The molecule has 7 nitrogen and oxygen atoms in total. The molecule has 170 valence electrons. The second-order valence-electron chi connectivity index (χ2n) is 8.40. The molecule has 3 amide bonds. The Morgan fingerprint density at radius 1 is 0.938 bits per heavy atom. The summed E-state index contributed by atoms with van der Waals surface area (Å²) < 4.78 is 0. The number of nitrogens with one attached hydrogen (secondary N) is 1. The number of anilines is 1. The molecule has 1 N–H and O–H groups in total. The first-order chi connectivity index (χ1) is 15.5. The Bertz CT molecular complexity index is 946. The smallest absolute Gasteiger partial charge is 0.256 e. The zero-order valence-electron chi connectivity index (χ0n) is 18.5. The second-order valence-corrected chi connectivity index (χ2v) is 9.43. The van der Waals surface area contributed by atoms with Gasteiger partial charge >= 0.3 is 0 Å². The van der Waals surface area contributed by atoms with E-state index in [9.17, 15) is 14.4 Å². The van der Waals surface area contributed by atoms with Crippen LogP contribution in [0, 0.1) is 0 Å². The van der Waals surface area contributed by atoms with Crippen LogP contribution in [0.25, 0.3) is 0 Å². The quantitative estimate of drug-likeness (QED) is 0.753. The molecule has 0 saturated carbocycles. The molecule has 2 aromatic rings. The molecule has 0 aliphatic carbocycles. The zero-order chi connectivity index (χ0) is 22.5. The summed E-state index contributed by atoms with van der Waals surface area (Å²) in [6, 6.07) is 11.9. The van der Waals surface area contributed by atoms with Gasteiger partial charge in [-0.15, -0.1) is 11.3 Å². The van der Waals surface area contributed by atoms with E-state index < -0.39 is 0 Å². The van der Waals surface area contributed by atoms with Crippen molar-refractivity contribution in [2.75, 3.05) is 44.2 Å². The lowest BCUT2D eigenvalue weighted by Gasteiger charge is -2.37. The van der Waals surface area contributed by atoms with E-state index in [0.717, 1.165) is 36.5 Å². The van der Waals surface area contributed by atoms with Crippen LogP contribution in [-0.2, 0) is 16.0 Å². The highest BCUT2D eigenvalue weighted by molar-refractivity contribution is 7.10. The van der Waals surface area contributed by atoms with E-state index >= 15 is 0 Å². The molecular weight excluding hydrogens is 424 g/mol. The molecule has 3 heterocycles. The topological polar surface area (TPSA) is 73.0 Å². The molecule has 0 atom stereocenters. The van der Waals surface area contributed by atoms with E-state index in [-0.39, 0.29) is 23.8 Å². The summed E-state index contributed by atoms with van der Waals surface area (Å²) in [7, 11) is 0. The fourth-order valence-corrected chi connectivity index (χ4v) is 5.14. The summed E-state index contributed by atoms with van der Waals surface area (Å²) >= 11 is 1.60. The summed E-state index contributed by atoms with van der Waals surface area (Å²) in [5, 5.41) is 5.15. The molecule has 2 saturated heterocycles. The van der Waals surface area contributed by atoms with E-state index in [4.69, 9.17) is 0 Å². The van der Waals surface area contributed by atoms with E-state index in [1.54, 1.807) is 23.2 Å². The Hall–Kier alpha value is -2.87. The fraction of sp³-hybridized carbons (Fsp3) is 0.458. The first kappa shape index (κ1) is 22.3. The Kier molecular flexibility index (Phi) is 7.09. The van der Waals surface area contributed by atoms with Crippen LogP contribution in [0.1, 0.15) is 35.0 Å². The molecule has 1 aromatic heterocycles. The number of thiophene rings is 1. The highest BCUT2D eigenvalue weighted by atomic mass is 32.1. The average Bonchev–Trinajstić information content (AvgIpc) is 3.32. The van der Waals surface area contributed by atoms with Crippen molar-refractivity contribution < 1.29 is 14.4 Å². The van der Waals surface area contributed by atoms with Gasteiger partial charge in [-0.2, -0.15) is 0 Å². The molecule has 0 radical (unpaired) electrons. The molecule has 0 spiro atoms. The van der Waals surface area contributed by atoms with Crippen LogP contribution < -0.4 is 10.2 Å². The number of amides is 3. The highest BCUT2D eigenvalue weighted by Crippen LogP contribution is 2.26. The molecular formula is C24H30N4O3S. The van der Waals surface area contributed by atoms with Crippen molar-refractivity contribution in [1.29, 1.82) is 0 Å². The second kappa shape index (κ2) is 10.2. The van der Waals surface area contributed by atoms with Crippen LogP contribution in [0.3, 0.4) is 0 Å². The maximum absolute atomic E-state index is 13.2. The largest absolute Gasteiger partial charge is 0.371 e. The predicted molar refractivity (Wildman–Crippen MR) is 126 cm³/mol. The lowest BCUT2D eigenvalue weighted by atomic mass is 10.0. The number of benzene rings is 1. The number of nitrogens with zero attached hydrogens (tertiary/aromatic N) is 3. The van der Waals surface area contributed by atoms with Crippen molar-refractivity contribution in [3.8, 4) is 0 Å². The normalized spacial score (nSPS) is 17.3. The van der Waals surface area contributed by atoms with Gasteiger partial charge in [-0.25, -0.2) is 0 Å². The van der Waals surface area contributed by atoms with Crippen LogP contribution in [-0.4, -0.2) is 72.8 Å². The first-order valence-electron chi connectivity index (χ1n) is 11.2. The van der Waals surface area contributed by atoms with Gasteiger partial charge in [0.1, 0.15) is 0 Å². The van der Waals surface area contributed by atoms with E-state index in [1.807, 2.05) is 46.7 Å². The molecule has 2 fully saturated rings. The molecule has 8 heteroatoms. The highest BCUT2D eigenvalue weighted by Gasteiger charge is 2.28. The molecule has 2 aliphatic rings. The summed E-state index contributed by atoms with van der Waals surface area (Å²) in [5.41, 5.74) is 1.67. The Labute approximate surface area is 193 Å². The Morgan fingerprint density at radius 2 is 1.62 bits per heavy atom. The summed E-state index contributed by atoms with van der Waals surface area (Å²) in [6.07, 6.45) is 2.15. The Morgan fingerprint density at radius 3 is 2.28 bits per heavy atom. The van der Waals surface area contributed by atoms with Gasteiger partial charge in [-0.1, -0.05) is 18.2 Å². The van der Waals surface area contributed by atoms with Crippen molar-refractivity contribution >= 4 is 34.7 Å². The summed E-state index contributed by atoms with van der Waals surface area (Å²) in [4.78, 5) is 44.1. The number of carbonyl (C=O) groups is 3. The number of piperazine rings is 1. The van der Waals surface area contributed by atoms with Crippen molar-refractivity contribution in [3.63, 3.8) is 0 Å². The van der Waals surface area contributed by atoms with E-state index in [2.05, 4.69) is 10.2 Å². The molecule has 4 rings (SSSR count). The average molecular weight is 455 g/mol. The van der Waals surface area contributed by atoms with Crippen molar-refractivity contribution in [3.05, 3.63) is 52.2 Å². The van der Waals surface area contributed by atoms with Crippen molar-refractivity contribution in [2.24, 2.45) is 0 Å². The van der Waals surface area contributed by atoms with E-state index in [1.165, 1.54) is 0 Å². The van der Waals surface area contributed by atoms with Gasteiger partial charge in [-0.3, -0.25) is 14.4 Å². The van der Waals surface area contributed by atoms with Gasteiger partial charge < -0.3 is 20.0 Å². The monoisotopic (exact) mass is 454 g/mol. The lowest BCUT2D eigenvalue weighted by Crippen LogP contribution is -2.50. The van der Waals surface area contributed by atoms with Crippen LogP contribution in [0.5, 0.6) is 0 Å². The van der Waals surface area contributed by atoms with Gasteiger partial charge in [-0.05, 0) is 36.4 Å². The van der Waals surface area contributed by atoms with Crippen LogP contribution in [0.2, 0.25) is 0 Å². The molecule has 32 heavy (non-hydrogen) atoms. The maximum Gasteiger partial charge on any atom is 0.256 e. The minimum absolute atomic E-state index is 0.0233. The zero-order valence-corrected chi connectivity index (χ0v) is 19.3. The number of para-hydroxylation sites is 1. The number of hydrogen-bond donors (Lipinski definition) is 1. The van der Waals surface area contributed by atoms with Crippen LogP contribution in [0.4, 0.5) is 5.69 Å². The molecule has 1 aromatic carbocycles. The minimum Gasteiger partial charge on any atom is -0.371 e. The fourth-order valence-electron chi connectivity index (χ4n) is 4.44. The number of piperidine rings is 1. The van der Waals surface area contributed by atoms with Gasteiger partial charge in [0.25, 0.3) is 5.91 Å². The molecule has 0 bridgehead atoms. The predicted octanol–water partition coefficient (Wildman–Crippen LogP) is 2.38. The summed E-state index contributed by atoms with van der Waals surface area (Å²) in [6.45, 7) is 5.45. The maximum atomic E-state index is 13.2. The number of carbonyl (C=O) groups excluding carboxylic acids is 3. The minimum atomic E-state index is 0.0233. The third-order valence-corrected chi connectivity index (χ3v) is 7.14. The lowest BCUT2D eigenvalue weighted by molar-refractivity contribution is -0.130. The summed E-state index contributed by atoms with van der Waals surface area (Å²) in [5.74, 6) is 0.157. The van der Waals surface area contributed by atoms with Crippen LogP contribution >= 0.6 is 11.3 Å². The molecule has 2 aliphatic heterocycles. The van der Waals surface area contributed by atoms with E-state index in [0.29, 0.717) is 38.2 Å². The van der Waals surface area contributed by atoms with Crippen LogP contribution in [0.15, 0.2) is 41.8 Å².